The number of piperidine rings is 1. The number of hydrogen-bond acceptors (Lipinski definition) is 3. The number of imidazole rings is 1. The molecule has 0 aromatic carbocycles. The Morgan fingerprint density at radius 2 is 2.33 bits per heavy atom. The second kappa shape index (κ2) is 7.07. The molecule has 1 aromatic heterocycles. The number of carbonyl (C=O) groups is 1. The minimum Gasteiger partial charge on any atom is -0.341 e. The van der Waals surface area contributed by atoms with Crippen LogP contribution in [0.5, 0.6) is 0 Å². The molecule has 0 radical (unpaired) electrons. The standard InChI is InChI=1S/C16H28N4O/c1-4-12(2)15(17)16(21)20-8-5-6-13(11-20)10-14-18-7-9-19(14)3/h7,9,12-13,15H,4-6,8,10-11,17H2,1-3H3/t12-,13-,15+/m0/s1. The van der Waals surface area contributed by atoms with Crippen molar-refractivity contribution in [3.8, 4) is 0 Å². The average Bonchev–Trinajstić information content (AvgIpc) is 2.90. The molecule has 5 heteroatoms. The van der Waals surface area contributed by atoms with Crippen LogP contribution in [0.25, 0.3) is 0 Å². The van der Waals surface area contributed by atoms with Crippen molar-refractivity contribution < 1.29 is 4.79 Å². The van der Waals surface area contributed by atoms with Crippen LogP contribution in [0.4, 0.5) is 0 Å². The van der Waals surface area contributed by atoms with Gasteiger partial charge in [-0.1, -0.05) is 20.3 Å². The average molecular weight is 292 g/mol. The van der Waals surface area contributed by atoms with Gasteiger partial charge in [-0.15, -0.1) is 0 Å². The summed E-state index contributed by atoms with van der Waals surface area (Å²) in [5.74, 6) is 1.95. The molecule has 0 aliphatic carbocycles. The highest BCUT2D eigenvalue weighted by molar-refractivity contribution is 5.82. The summed E-state index contributed by atoms with van der Waals surface area (Å²) in [6.07, 6.45) is 7.91. The van der Waals surface area contributed by atoms with Crippen LogP contribution in [0.2, 0.25) is 0 Å². The van der Waals surface area contributed by atoms with Crippen molar-refractivity contribution in [1.29, 1.82) is 0 Å². The van der Waals surface area contributed by atoms with Crippen LogP contribution in [-0.2, 0) is 18.3 Å². The van der Waals surface area contributed by atoms with E-state index in [1.165, 1.54) is 0 Å². The molecule has 0 saturated carbocycles. The van der Waals surface area contributed by atoms with E-state index in [1.54, 1.807) is 0 Å². The van der Waals surface area contributed by atoms with Gasteiger partial charge in [-0.25, -0.2) is 4.98 Å². The van der Waals surface area contributed by atoms with Crippen LogP contribution < -0.4 is 5.73 Å². The van der Waals surface area contributed by atoms with Crippen molar-refractivity contribution in [1.82, 2.24) is 14.5 Å². The van der Waals surface area contributed by atoms with Gasteiger partial charge in [0.05, 0.1) is 6.04 Å². The summed E-state index contributed by atoms with van der Waals surface area (Å²) in [6.45, 7) is 5.80. The molecular formula is C16H28N4O. The first-order valence-corrected chi connectivity index (χ1v) is 8.03. The molecule has 1 amide bonds. The summed E-state index contributed by atoms with van der Waals surface area (Å²) in [5, 5.41) is 0. The second-order valence-corrected chi connectivity index (χ2v) is 6.36. The fraction of sp³-hybridized carbons (Fsp3) is 0.750. The van der Waals surface area contributed by atoms with Gasteiger partial charge in [-0.2, -0.15) is 0 Å². The van der Waals surface area contributed by atoms with Crippen LogP contribution in [0.1, 0.15) is 38.9 Å². The van der Waals surface area contributed by atoms with E-state index in [0.29, 0.717) is 5.92 Å². The molecule has 2 rings (SSSR count). The zero-order valence-corrected chi connectivity index (χ0v) is 13.5. The summed E-state index contributed by atoms with van der Waals surface area (Å²) in [6, 6.07) is -0.359. The van der Waals surface area contributed by atoms with Crippen LogP contribution in [0.15, 0.2) is 12.4 Å². The molecule has 0 spiro atoms. The van der Waals surface area contributed by atoms with Gasteiger partial charge >= 0.3 is 0 Å². The Balaban J connectivity index is 1.94. The minimum atomic E-state index is -0.359. The molecule has 1 aliphatic heterocycles. The number of rotatable bonds is 5. The number of likely N-dealkylation sites (tertiary alicyclic amines) is 1. The lowest BCUT2D eigenvalue weighted by molar-refractivity contribution is -0.135. The molecular weight excluding hydrogens is 264 g/mol. The quantitative estimate of drug-likeness (QED) is 0.896. The van der Waals surface area contributed by atoms with E-state index >= 15 is 0 Å². The number of aryl methyl sites for hydroxylation is 1. The molecule has 1 saturated heterocycles. The number of nitrogens with two attached hydrogens (primary N) is 1. The molecule has 0 unspecified atom stereocenters. The number of aromatic nitrogens is 2. The monoisotopic (exact) mass is 292 g/mol. The van der Waals surface area contributed by atoms with Crippen molar-refractivity contribution in [2.75, 3.05) is 13.1 Å². The molecule has 2 heterocycles. The Kier molecular flexibility index (Phi) is 5.39. The van der Waals surface area contributed by atoms with Crippen molar-refractivity contribution in [2.45, 2.75) is 45.6 Å². The maximum atomic E-state index is 12.5. The summed E-state index contributed by atoms with van der Waals surface area (Å²) in [5.41, 5.74) is 6.10. The lowest BCUT2D eigenvalue weighted by Crippen LogP contribution is -2.50. The van der Waals surface area contributed by atoms with Crippen LogP contribution in [-0.4, -0.2) is 39.5 Å². The molecule has 2 N–H and O–H groups in total. The highest BCUT2D eigenvalue weighted by atomic mass is 16.2. The third-order valence-electron chi connectivity index (χ3n) is 4.77. The smallest absolute Gasteiger partial charge is 0.239 e. The Bertz CT molecular complexity index is 471. The van der Waals surface area contributed by atoms with Crippen molar-refractivity contribution in [3.05, 3.63) is 18.2 Å². The Hall–Kier alpha value is -1.36. The maximum Gasteiger partial charge on any atom is 0.239 e. The van der Waals surface area contributed by atoms with E-state index in [2.05, 4.69) is 23.4 Å². The number of amides is 1. The van der Waals surface area contributed by atoms with Gasteiger partial charge in [0.15, 0.2) is 0 Å². The molecule has 21 heavy (non-hydrogen) atoms. The molecule has 0 bridgehead atoms. The predicted molar refractivity (Wildman–Crippen MR) is 83.6 cm³/mol. The van der Waals surface area contributed by atoms with Crippen LogP contribution in [0, 0.1) is 11.8 Å². The van der Waals surface area contributed by atoms with Gasteiger partial charge in [0.1, 0.15) is 5.82 Å². The van der Waals surface area contributed by atoms with E-state index in [1.807, 2.05) is 24.3 Å². The Morgan fingerprint density at radius 1 is 1.57 bits per heavy atom. The van der Waals surface area contributed by atoms with E-state index in [-0.39, 0.29) is 17.9 Å². The summed E-state index contributed by atoms with van der Waals surface area (Å²) < 4.78 is 2.06. The zero-order chi connectivity index (χ0) is 15.4. The highest BCUT2D eigenvalue weighted by Crippen LogP contribution is 2.21. The highest BCUT2D eigenvalue weighted by Gasteiger charge is 2.29. The normalized spacial score (nSPS) is 22.1. The van der Waals surface area contributed by atoms with E-state index in [9.17, 15) is 4.79 Å². The summed E-state index contributed by atoms with van der Waals surface area (Å²) in [7, 11) is 2.02. The third kappa shape index (κ3) is 3.84. The van der Waals surface area contributed by atoms with Crippen molar-refractivity contribution >= 4 is 5.91 Å². The lowest BCUT2D eigenvalue weighted by atomic mass is 9.92. The maximum absolute atomic E-state index is 12.5. The molecule has 5 nitrogen and oxygen atoms in total. The van der Waals surface area contributed by atoms with Gasteiger partial charge in [0.2, 0.25) is 5.91 Å². The van der Waals surface area contributed by atoms with Gasteiger partial charge in [0.25, 0.3) is 0 Å². The SMILES string of the molecule is CC[C@H](C)[C@@H](N)C(=O)N1CCC[C@@H](Cc2nccn2C)C1. The molecule has 1 fully saturated rings. The largest absolute Gasteiger partial charge is 0.341 e. The van der Waals surface area contributed by atoms with Gasteiger partial charge in [-0.05, 0) is 24.7 Å². The van der Waals surface area contributed by atoms with Gasteiger partial charge < -0.3 is 15.2 Å². The Morgan fingerprint density at radius 3 is 2.95 bits per heavy atom. The van der Waals surface area contributed by atoms with Crippen molar-refractivity contribution in [3.63, 3.8) is 0 Å². The lowest BCUT2D eigenvalue weighted by Gasteiger charge is -2.35. The number of nitrogens with zero attached hydrogens (tertiary/aromatic N) is 3. The number of carbonyl (C=O) groups excluding carboxylic acids is 1. The van der Waals surface area contributed by atoms with E-state index < -0.39 is 0 Å². The first kappa shape index (κ1) is 16.0. The molecule has 118 valence electrons. The van der Waals surface area contributed by atoms with Gasteiger partial charge in [0, 0.05) is 39.0 Å². The topological polar surface area (TPSA) is 64.2 Å². The molecule has 1 aromatic rings. The van der Waals surface area contributed by atoms with Gasteiger partial charge in [-0.3, -0.25) is 4.79 Å². The first-order valence-electron chi connectivity index (χ1n) is 8.03. The predicted octanol–water partition coefficient (Wildman–Crippen LogP) is 1.57. The Labute approximate surface area is 127 Å². The first-order chi connectivity index (χ1) is 10.0. The fourth-order valence-electron chi connectivity index (χ4n) is 2.99. The fourth-order valence-corrected chi connectivity index (χ4v) is 2.99. The van der Waals surface area contributed by atoms with E-state index in [0.717, 1.165) is 44.6 Å². The summed E-state index contributed by atoms with van der Waals surface area (Å²) in [4.78, 5) is 18.9. The number of hydrogen-bond donors (Lipinski definition) is 1. The molecule has 1 aliphatic rings. The van der Waals surface area contributed by atoms with Crippen LogP contribution in [0.3, 0.4) is 0 Å². The molecule has 3 atom stereocenters. The minimum absolute atomic E-state index is 0.119. The third-order valence-corrected chi connectivity index (χ3v) is 4.77. The van der Waals surface area contributed by atoms with Crippen LogP contribution >= 0.6 is 0 Å². The zero-order valence-electron chi connectivity index (χ0n) is 13.5. The summed E-state index contributed by atoms with van der Waals surface area (Å²) >= 11 is 0. The van der Waals surface area contributed by atoms with Crippen molar-refractivity contribution in [2.24, 2.45) is 24.6 Å². The second-order valence-electron chi connectivity index (χ2n) is 6.36. The van der Waals surface area contributed by atoms with E-state index in [4.69, 9.17) is 5.73 Å².